The highest BCUT2D eigenvalue weighted by Crippen LogP contribution is 2.74. The van der Waals surface area contributed by atoms with Crippen LogP contribution in [-0.2, 0) is 52.2 Å². The molecule has 12 aliphatic rings. The molecule has 0 aromatic heterocycles. The van der Waals surface area contributed by atoms with Gasteiger partial charge in [-0.1, -0.05) is 144 Å². The first-order valence-corrected chi connectivity index (χ1v) is 36.2. The van der Waals surface area contributed by atoms with Gasteiger partial charge in [0, 0.05) is 26.1 Å². The molecule has 8 saturated carbocycles. The molecule has 0 spiro atoms. The van der Waals surface area contributed by atoms with Gasteiger partial charge in [-0.25, -0.2) is 9.59 Å². The fourth-order valence-corrected chi connectivity index (χ4v) is 23.6. The standard InChI is InChI=1S/C75H122O11/c1-49(2)17-15-19-51(5)59-27-29-61-57-25-23-53-47-55(31-35-69(53,7)63(57)33-37-71(59,61)9)82-43-39-80-41-45-84-67(76)73-65-21-13-14-22-66(65)74(86-73,75(73,78-11)79-12)68(77)85-46-42-81-40-44-83-56-32-36-70(8)54(48-56)24-26-58-62-30-28-60(52(6)20-16-18-50(3)4)72(62,10)38-34-64(58)70/h23-24,49-52,55-66H,13-22,25-48H2,1-12H3/t51-,52-,55+,56+,57+,58+,59-,60-,61+,62+,63+,64+,65?,66?,69+,70+,71-,72-,73-,74+/m1/s1. The Hall–Kier alpha value is -1.86. The number of fused-ring (bicyclic) bond motifs is 10. The molecule has 0 amide bonds. The minimum absolute atomic E-state index is 0.0377. The smallest absolute Gasteiger partial charge is 0.344 e. The lowest BCUT2D eigenvalue weighted by Crippen LogP contribution is -2.84. The van der Waals surface area contributed by atoms with Crippen molar-refractivity contribution in [3.8, 4) is 0 Å². The van der Waals surface area contributed by atoms with Gasteiger partial charge in [-0.3, -0.25) is 0 Å². The van der Waals surface area contributed by atoms with Crippen LogP contribution in [0.5, 0.6) is 0 Å². The SMILES string of the molecule is COC1(OC)[C@]2(C(=O)OCCOCCO[C@H]3CC[C@@]4(C)C(=CC[C@H]5[C@@H]6CC[C@H]([C@H](C)CCCC(C)C)[C@@]6(C)CC[C@@H]54)C3)O[C@@]1(C(=O)OCCOCCO[C@H]1CC[C@@]3(C)C(=CC[C@H]4[C@@H]5CC[C@H]([C@H](C)CCCC(C)C)[C@@]5(C)CC[C@@H]43)C1)C1CCCCC12. The van der Waals surface area contributed by atoms with Gasteiger partial charge in [0.2, 0.25) is 17.0 Å². The second-order valence-electron chi connectivity index (χ2n) is 32.6. The first-order valence-electron chi connectivity index (χ1n) is 36.2. The van der Waals surface area contributed by atoms with Gasteiger partial charge in [0.25, 0.3) is 0 Å². The van der Waals surface area contributed by atoms with E-state index in [1.165, 1.54) is 130 Å². The molecule has 2 heterocycles. The van der Waals surface area contributed by atoms with Crippen molar-refractivity contribution in [2.45, 2.75) is 265 Å². The number of rotatable bonds is 28. The molecule has 10 fully saturated rings. The lowest BCUT2D eigenvalue weighted by Gasteiger charge is -2.58. The molecule has 20 atom stereocenters. The van der Waals surface area contributed by atoms with E-state index in [2.05, 4.69) is 81.4 Å². The van der Waals surface area contributed by atoms with Gasteiger partial charge in [0.1, 0.15) is 13.2 Å². The summed E-state index contributed by atoms with van der Waals surface area (Å²) < 4.78 is 56.0. The molecule has 2 unspecified atom stereocenters. The summed E-state index contributed by atoms with van der Waals surface area (Å²) >= 11 is 0. The largest absolute Gasteiger partial charge is 0.461 e. The summed E-state index contributed by atoms with van der Waals surface area (Å²) in [4.78, 5) is 28.8. The van der Waals surface area contributed by atoms with Crippen LogP contribution in [0.3, 0.4) is 0 Å². The lowest BCUT2D eigenvalue weighted by atomic mass is 9.47. The highest BCUT2D eigenvalue weighted by Gasteiger charge is 2.96. The minimum Gasteiger partial charge on any atom is -0.461 e. The molecular weight excluding hydrogens is 1080 g/mol. The van der Waals surface area contributed by atoms with Crippen molar-refractivity contribution in [2.24, 2.45) is 105 Å². The van der Waals surface area contributed by atoms with Gasteiger partial charge >= 0.3 is 11.9 Å². The van der Waals surface area contributed by atoms with E-state index in [-0.39, 0.29) is 50.5 Å². The summed E-state index contributed by atoms with van der Waals surface area (Å²) in [5, 5.41) is 0. The van der Waals surface area contributed by atoms with Crippen molar-refractivity contribution in [1.82, 2.24) is 0 Å². The second-order valence-corrected chi connectivity index (χ2v) is 32.6. The quantitative estimate of drug-likeness (QED) is 0.0323. The van der Waals surface area contributed by atoms with E-state index < -0.39 is 28.9 Å². The molecule has 11 nitrogen and oxygen atoms in total. The molecule has 11 heteroatoms. The van der Waals surface area contributed by atoms with E-state index in [1.807, 2.05) is 0 Å². The monoisotopic (exact) mass is 1200 g/mol. The molecule has 0 N–H and O–H groups in total. The Kier molecular flexibility index (Phi) is 20.3. The van der Waals surface area contributed by atoms with Gasteiger partial charge < -0.3 is 42.6 Å². The average molecular weight is 1200 g/mol. The van der Waals surface area contributed by atoms with Crippen LogP contribution < -0.4 is 0 Å². The fourth-order valence-electron chi connectivity index (χ4n) is 23.6. The van der Waals surface area contributed by atoms with Gasteiger partial charge in [-0.15, -0.1) is 0 Å². The first-order chi connectivity index (χ1) is 41.3. The Labute approximate surface area is 522 Å². The lowest BCUT2D eigenvalue weighted by molar-refractivity contribution is -0.446. The number of allylic oxidation sites excluding steroid dienone is 2. The van der Waals surface area contributed by atoms with Gasteiger partial charge in [0.05, 0.1) is 51.8 Å². The first kappa shape index (κ1) is 65.6. The summed E-state index contributed by atoms with van der Waals surface area (Å²) in [5.41, 5.74) is 1.70. The molecule has 2 bridgehead atoms. The topological polar surface area (TPSA) is 117 Å². The Balaban J connectivity index is 0.591. The van der Waals surface area contributed by atoms with Crippen LogP contribution in [0.2, 0.25) is 0 Å². The van der Waals surface area contributed by atoms with Crippen molar-refractivity contribution in [3.05, 3.63) is 23.3 Å². The van der Waals surface area contributed by atoms with Crippen LogP contribution in [0.1, 0.15) is 236 Å². The maximum Gasteiger partial charge on any atom is 0.344 e. The predicted molar refractivity (Wildman–Crippen MR) is 338 cm³/mol. The summed E-state index contributed by atoms with van der Waals surface area (Å²) in [6.45, 7) is 27.6. The third-order valence-electron chi connectivity index (χ3n) is 27.9. The second kappa shape index (κ2) is 26.6. The van der Waals surface area contributed by atoms with E-state index in [4.69, 9.17) is 42.6 Å². The number of carbonyl (C=O) groups excluding carboxylic acids is 2. The van der Waals surface area contributed by atoms with E-state index in [0.29, 0.717) is 60.9 Å². The summed E-state index contributed by atoms with van der Waals surface area (Å²) in [6.07, 6.45) is 37.7. The molecule has 86 heavy (non-hydrogen) atoms. The predicted octanol–water partition coefficient (Wildman–Crippen LogP) is 16.3. The van der Waals surface area contributed by atoms with Crippen molar-refractivity contribution in [3.63, 3.8) is 0 Å². The van der Waals surface area contributed by atoms with Crippen molar-refractivity contribution < 1.29 is 52.2 Å². The van der Waals surface area contributed by atoms with Gasteiger partial charge in [-0.05, 0) is 208 Å². The van der Waals surface area contributed by atoms with Crippen LogP contribution in [-0.4, -0.2) is 108 Å². The fraction of sp³-hybridized carbons (Fsp3) is 0.920. The minimum atomic E-state index is -1.70. The van der Waals surface area contributed by atoms with E-state index in [1.54, 1.807) is 11.1 Å². The highest BCUT2D eigenvalue weighted by atomic mass is 16.8. The third-order valence-corrected chi connectivity index (χ3v) is 27.9. The molecule has 0 radical (unpaired) electrons. The number of carbonyl (C=O) groups is 2. The summed E-state index contributed by atoms with van der Waals surface area (Å²) in [5.74, 6) is 6.54. The van der Waals surface area contributed by atoms with Crippen molar-refractivity contribution in [1.29, 1.82) is 0 Å². The van der Waals surface area contributed by atoms with Gasteiger partial charge in [-0.2, -0.15) is 0 Å². The van der Waals surface area contributed by atoms with Gasteiger partial charge in [0.15, 0.2) is 0 Å². The summed E-state index contributed by atoms with van der Waals surface area (Å²) in [7, 11) is 2.97. The number of methoxy groups -OCH3 is 2. The zero-order valence-corrected chi connectivity index (χ0v) is 56.4. The number of hydrogen-bond donors (Lipinski definition) is 0. The summed E-state index contributed by atoms with van der Waals surface area (Å²) in [6, 6.07) is 0. The molecule has 488 valence electrons. The zero-order chi connectivity index (χ0) is 60.9. The molecule has 0 aromatic carbocycles. The molecule has 2 aliphatic heterocycles. The Bertz CT molecular complexity index is 2220. The third kappa shape index (κ3) is 11.3. The van der Waals surface area contributed by atoms with Crippen LogP contribution in [0, 0.1) is 105 Å². The number of ether oxygens (including phenoxy) is 9. The van der Waals surface area contributed by atoms with Crippen LogP contribution in [0.25, 0.3) is 0 Å². The van der Waals surface area contributed by atoms with E-state index in [0.717, 1.165) is 110 Å². The molecule has 2 saturated heterocycles. The molecule has 10 aliphatic carbocycles. The Morgan fingerprint density at radius 2 is 0.907 bits per heavy atom. The zero-order valence-electron chi connectivity index (χ0n) is 56.4. The maximum atomic E-state index is 14.4. The number of esters is 2. The van der Waals surface area contributed by atoms with Crippen molar-refractivity contribution in [2.75, 3.05) is 67.1 Å². The Morgan fingerprint density at radius 1 is 0.488 bits per heavy atom. The highest BCUT2D eigenvalue weighted by molar-refractivity contribution is 5.94. The van der Waals surface area contributed by atoms with Crippen LogP contribution in [0.4, 0.5) is 0 Å². The molecular formula is C75H122O11. The normalized spacial score (nSPS) is 42.4. The van der Waals surface area contributed by atoms with Crippen molar-refractivity contribution >= 4 is 11.9 Å². The molecule has 12 rings (SSSR count). The van der Waals surface area contributed by atoms with Crippen LogP contribution >= 0.6 is 0 Å². The van der Waals surface area contributed by atoms with Crippen LogP contribution in [0.15, 0.2) is 23.3 Å². The maximum absolute atomic E-state index is 14.4. The average Bonchev–Trinajstić information content (AvgIpc) is 1.44. The van der Waals surface area contributed by atoms with E-state index >= 15 is 0 Å². The van der Waals surface area contributed by atoms with E-state index in [9.17, 15) is 9.59 Å². The number of hydrogen-bond acceptors (Lipinski definition) is 11. The molecule has 0 aromatic rings. The Morgan fingerprint density at radius 3 is 1.31 bits per heavy atom.